The Kier molecular flexibility index (Phi) is 6.80. The van der Waals surface area contributed by atoms with Crippen LogP contribution in [0.4, 0.5) is 0 Å². The largest absolute Gasteiger partial charge is 0.550 e. The van der Waals surface area contributed by atoms with Gasteiger partial charge in [-0.1, -0.05) is 58.5 Å². The Morgan fingerprint density at radius 1 is 1.26 bits per heavy atom. The number of aliphatic carboxylic acids is 1. The molecule has 0 spiro atoms. The van der Waals surface area contributed by atoms with E-state index in [0.717, 1.165) is 22.9 Å². The van der Waals surface area contributed by atoms with Crippen LogP contribution in [0, 0.1) is 0 Å². The molecule has 0 saturated carbocycles. The molecule has 1 aromatic rings. The van der Waals surface area contributed by atoms with E-state index in [1.54, 1.807) is 4.90 Å². The highest BCUT2D eigenvalue weighted by Crippen LogP contribution is 2.32. The van der Waals surface area contributed by atoms with E-state index in [-0.39, 0.29) is 12.3 Å². The van der Waals surface area contributed by atoms with E-state index in [1.165, 1.54) is 11.8 Å². The number of halogens is 1. The third-order valence-electron chi connectivity index (χ3n) is 3.30. The topological polar surface area (TPSA) is 60.4 Å². The highest BCUT2D eigenvalue weighted by atomic mass is 79.9. The molecule has 0 N–H and O–H groups in total. The fourth-order valence-electron chi connectivity index (χ4n) is 2.12. The van der Waals surface area contributed by atoms with E-state index in [2.05, 4.69) is 15.9 Å². The molecule has 0 bridgehead atoms. The molecule has 1 amide bonds. The van der Waals surface area contributed by atoms with Gasteiger partial charge in [-0.05, 0) is 43.0 Å². The van der Waals surface area contributed by atoms with Crippen LogP contribution in [0.2, 0.25) is 0 Å². The number of nitrogens with zero attached hydrogens (tertiary/aromatic N) is 1. The van der Waals surface area contributed by atoms with Gasteiger partial charge < -0.3 is 9.90 Å². The number of thioether (sulfide) groups is 1. The van der Waals surface area contributed by atoms with Gasteiger partial charge in [-0.2, -0.15) is 0 Å². The number of thiocarbonyl (C=S) groups is 1. The lowest BCUT2D eigenvalue weighted by Crippen LogP contribution is -2.29. The van der Waals surface area contributed by atoms with Crippen molar-refractivity contribution >= 4 is 62.2 Å². The molecule has 7 heteroatoms. The number of benzene rings is 1. The molecule has 122 valence electrons. The van der Waals surface area contributed by atoms with Gasteiger partial charge in [0.15, 0.2) is 0 Å². The maximum absolute atomic E-state index is 12.4. The average molecular weight is 413 g/mol. The van der Waals surface area contributed by atoms with Crippen LogP contribution in [0.3, 0.4) is 0 Å². The Morgan fingerprint density at radius 3 is 2.61 bits per heavy atom. The number of carboxylic acid groups (broad SMARTS) is 1. The highest BCUT2D eigenvalue weighted by Gasteiger charge is 2.31. The summed E-state index contributed by atoms with van der Waals surface area (Å²) in [6.45, 7) is 0.523. The minimum atomic E-state index is -1.03. The van der Waals surface area contributed by atoms with Gasteiger partial charge in [0.05, 0.1) is 4.91 Å². The Balaban J connectivity index is 1.91. The minimum Gasteiger partial charge on any atom is -0.550 e. The van der Waals surface area contributed by atoms with Crippen molar-refractivity contribution in [2.45, 2.75) is 25.7 Å². The third kappa shape index (κ3) is 5.44. The number of carbonyl (C=O) groups excluding carboxylic acids is 2. The lowest BCUT2D eigenvalue weighted by molar-refractivity contribution is -0.305. The van der Waals surface area contributed by atoms with E-state index < -0.39 is 5.97 Å². The van der Waals surface area contributed by atoms with Crippen LogP contribution in [-0.2, 0) is 9.59 Å². The van der Waals surface area contributed by atoms with Crippen LogP contribution >= 0.6 is 39.9 Å². The molecular formula is C16H15BrNO3S2-. The zero-order valence-corrected chi connectivity index (χ0v) is 15.5. The van der Waals surface area contributed by atoms with E-state index in [4.69, 9.17) is 12.2 Å². The first kappa shape index (κ1) is 18.2. The summed E-state index contributed by atoms with van der Waals surface area (Å²) in [4.78, 5) is 24.9. The first-order chi connectivity index (χ1) is 11.0. The van der Waals surface area contributed by atoms with Gasteiger partial charge in [0.25, 0.3) is 5.91 Å². The summed E-state index contributed by atoms with van der Waals surface area (Å²) in [5.41, 5.74) is 0.947. The first-order valence-corrected chi connectivity index (χ1v) is 9.20. The standard InChI is InChI=1S/C16H16BrNO3S2/c17-12-7-5-11(6-8-12)10-13-15(21)18(16(22)23-13)9-3-1-2-4-14(19)20/h5-8,10H,1-4,9H2,(H,19,20)/p-1. The summed E-state index contributed by atoms with van der Waals surface area (Å²) in [6, 6.07) is 7.70. The Hall–Kier alpha value is -1.18. The summed E-state index contributed by atoms with van der Waals surface area (Å²) in [5.74, 6) is -1.11. The second-order valence-corrected chi connectivity index (χ2v) is 7.66. The van der Waals surface area contributed by atoms with Gasteiger partial charge in [-0.25, -0.2) is 0 Å². The van der Waals surface area contributed by atoms with Crippen molar-refractivity contribution in [3.8, 4) is 0 Å². The number of carbonyl (C=O) groups is 2. The van der Waals surface area contributed by atoms with Crippen LogP contribution in [-0.4, -0.2) is 27.6 Å². The summed E-state index contributed by atoms with van der Waals surface area (Å²) in [7, 11) is 0. The van der Waals surface area contributed by atoms with E-state index in [0.29, 0.717) is 22.2 Å². The number of unbranched alkanes of at least 4 members (excludes halogenated alkanes) is 2. The van der Waals surface area contributed by atoms with Crippen LogP contribution in [0.5, 0.6) is 0 Å². The van der Waals surface area contributed by atoms with Gasteiger partial charge in [-0.3, -0.25) is 9.69 Å². The molecule has 0 aliphatic carbocycles. The highest BCUT2D eigenvalue weighted by molar-refractivity contribution is 9.10. The predicted octanol–water partition coefficient (Wildman–Crippen LogP) is 2.96. The first-order valence-electron chi connectivity index (χ1n) is 7.18. The minimum absolute atomic E-state index is 0.0574. The number of hydrogen-bond acceptors (Lipinski definition) is 5. The Bertz CT molecular complexity index is 643. The van der Waals surface area contributed by atoms with Crippen molar-refractivity contribution in [1.29, 1.82) is 0 Å². The van der Waals surface area contributed by atoms with E-state index in [9.17, 15) is 14.7 Å². The average Bonchev–Trinajstić information content (AvgIpc) is 2.76. The van der Waals surface area contributed by atoms with Gasteiger partial charge in [0.1, 0.15) is 4.32 Å². The quantitative estimate of drug-likeness (QED) is 0.391. The molecule has 1 aliphatic rings. The maximum atomic E-state index is 12.4. The molecule has 0 aromatic heterocycles. The van der Waals surface area contributed by atoms with Crippen LogP contribution < -0.4 is 5.11 Å². The van der Waals surface area contributed by atoms with Crippen molar-refractivity contribution in [3.63, 3.8) is 0 Å². The molecule has 4 nitrogen and oxygen atoms in total. The van der Waals surface area contributed by atoms with Crippen molar-refractivity contribution in [3.05, 3.63) is 39.2 Å². The summed E-state index contributed by atoms with van der Waals surface area (Å²) < 4.78 is 1.54. The van der Waals surface area contributed by atoms with Gasteiger partial charge >= 0.3 is 0 Å². The molecule has 2 rings (SSSR count). The zero-order chi connectivity index (χ0) is 16.8. The second-order valence-electron chi connectivity index (χ2n) is 5.07. The normalized spacial score (nSPS) is 16.4. The van der Waals surface area contributed by atoms with Crippen molar-refractivity contribution < 1.29 is 14.7 Å². The maximum Gasteiger partial charge on any atom is 0.266 e. The number of hydrogen-bond donors (Lipinski definition) is 0. The molecule has 23 heavy (non-hydrogen) atoms. The molecule has 1 aliphatic heterocycles. The van der Waals surface area contributed by atoms with Crippen LogP contribution in [0.25, 0.3) is 6.08 Å². The van der Waals surface area contributed by atoms with Gasteiger partial charge in [0, 0.05) is 17.0 Å². The summed E-state index contributed by atoms with van der Waals surface area (Å²) in [5, 5.41) is 10.4. The lowest BCUT2D eigenvalue weighted by Gasteiger charge is -2.14. The van der Waals surface area contributed by atoms with Crippen molar-refractivity contribution in [2.24, 2.45) is 0 Å². The van der Waals surface area contributed by atoms with Crippen LogP contribution in [0.15, 0.2) is 33.6 Å². The number of rotatable bonds is 7. The Labute approximate surface area is 153 Å². The number of carboxylic acids is 1. The molecule has 1 fully saturated rings. The molecule has 0 unspecified atom stereocenters. The predicted molar refractivity (Wildman–Crippen MR) is 97.5 cm³/mol. The van der Waals surface area contributed by atoms with Gasteiger partial charge in [0.2, 0.25) is 0 Å². The van der Waals surface area contributed by atoms with E-state index >= 15 is 0 Å². The smallest absolute Gasteiger partial charge is 0.266 e. The molecule has 1 saturated heterocycles. The lowest BCUT2D eigenvalue weighted by atomic mass is 10.2. The third-order valence-corrected chi connectivity index (χ3v) is 5.21. The molecule has 0 atom stereocenters. The fourth-order valence-corrected chi connectivity index (χ4v) is 3.69. The Morgan fingerprint density at radius 2 is 1.96 bits per heavy atom. The molecule has 0 radical (unpaired) electrons. The monoisotopic (exact) mass is 412 g/mol. The van der Waals surface area contributed by atoms with Crippen molar-refractivity contribution in [2.75, 3.05) is 6.54 Å². The SMILES string of the molecule is O=C([O-])CCCCCN1C(=O)C(=Cc2ccc(Br)cc2)SC1=S. The van der Waals surface area contributed by atoms with Crippen molar-refractivity contribution in [1.82, 2.24) is 4.90 Å². The van der Waals surface area contributed by atoms with E-state index in [1.807, 2.05) is 30.3 Å². The summed E-state index contributed by atoms with van der Waals surface area (Å²) >= 11 is 9.95. The van der Waals surface area contributed by atoms with Gasteiger partial charge in [-0.15, -0.1) is 0 Å². The molecular weight excluding hydrogens is 398 g/mol. The molecule has 1 heterocycles. The van der Waals surface area contributed by atoms with Crippen LogP contribution in [0.1, 0.15) is 31.2 Å². The molecule has 1 aromatic carbocycles. The zero-order valence-electron chi connectivity index (χ0n) is 12.3. The number of amides is 1. The second kappa shape index (κ2) is 8.61. The fraction of sp³-hybridized carbons (Fsp3) is 0.312. The summed E-state index contributed by atoms with van der Waals surface area (Å²) in [6.07, 6.45) is 3.91.